The van der Waals surface area contributed by atoms with Crippen molar-refractivity contribution in [3.63, 3.8) is 0 Å². The minimum atomic E-state index is -0.432. The Morgan fingerprint density at radius 2 is 2.25 bits per heavy atom. The predicted octanol–water partition coefficient (Wildman–Crippen LogP) is 2.23. The number of rotatable bonds is 5. The van der Waals surface area contributed by atoms with Gasteiger partial charge in [-0.25, -0.2) is 4.39 Å². The van der Waals surface area contributed by atoms with Gasteiger partial charge in [0.1, 0.15) is 6.07 Å². The fourth-order valence-corrected chi connectivity index (χ4v) is 1.27. The van der Waals surface area contributed by atoms with Crippen LogP contribution in [0.25, 0.3) is 0 Å². The molecule has 3 nitrogen and oxygen atoms in total. The lowest BCUT2D eigenvalue weighted by Gasteiger charge is -2.12. The number of ether oxygens (including phenoxy) is 1. The van der Waals surface area contributed by atoms with Gasteiger partial charge in [0, 0.05) is 18.2 Å². The number of nitrogens with zero attached hydrogens (tertiary/aromatic N) is 1. The maximum Gasteiger partial charge on any atom is 0.174 e. The van der Waals surface area contributed by atoms with Crippen LogP contribution in [0.1, 0.15) is 19.4 Å². The highest BCUT2D eigenvalue weighted by atomic mass is 19.1. The molecular weight excluding hydrogens is 207 g/mol. The van der Waals surface area contributed by atoms with E-state index in [1.54, 1.807) is 12.1 Å². The third-order valence-electron chi connectivity index (χ3n) is 2.03. The maximum absolute atomic E-state index is 13.4. The van der Waals surface area contributed by atoms with Crippen molar-refractivity contribution < 1.29 is 9.13 Å². The van der Waals surface area contributed by atoms with Crippen molar-refractivity contribution in [1.82, 2.24) is 5.32 Å². The fourth-order valence-electron chi connectivity index (χ4n) is 1.27. The van der Waals surface area contributed by atoms with Crippen LogP contribution in [0.3, 0.4) is 0 Å². The summed E-state index contributed by atoms with van der Waals surface area (Å²) in [5, 5.41) is 11.6. The molecule has 1 rings (SSSR count). The molecule has 86 valence electrons. The SMILES string of the molecule is CC(C)NCc1cccc(F)c1OCC#N. The zero-order valence-electron chi connectivity index (χ0n) is 9.46. The van der Waals surface area contributed by atoms with E-state index in [1.807, 2.05) is 19.9 Å². The van der Waals surface area contributed by atoms with Crippen LogP contribution < -0.4 is 10.1 Å². The van der Waals surface area contributed by atoms with Crippen molar-refractivity contribution in [3.8, 4) is 11.8 Å². The van der Waals surface area contributed by atoms with Gasteiger partial charge in [0.2, 0.25) is 0 Å². The summed E-state index contributed by atoms with van der Waals surface area (Å²) < 4.78 is 18.5. The molecule has 0 fully saturated rings. The Morgan fingerprint density at radius 3 is 2.88 bits per heavy atom. The zero-order chi connectivity index (χ0) is 12.0. The largest absolute Gasteiger partial charge is 0.475 e. The first-order valence-electron chi connectivity index (χ1n) is 5.15. The summed E-state index contributed by atoms with van der Waals surface area (Å²) in [7, 11) is 0. The lowest BCUT2D eigenvalue weighted by atomic mass is 10.2. The number of halogens is 1. The summed E-state index contributed by atoms with van der Waals surface area (Å²) >= 11 is 0. The first-order valence-corrected chi connectivity index (χ1v) is 5.15. The van der Waals surface area contributed by atoms with Gasteiger partial charge in [-0.3, -0.25) is 0 Å². The smallest absolute Gasteiger partial charge is 0.174 e. The normalized spacial score (nSPS) is 10.2. The second kappa shape index (κ2) is 6.09. The number of benzene rings is 1. The average molecular weight is 222 g/mol. The molecule has 0 bridgehead atoms. The van der Waals surface area contributed by atoms with Crippen molar-refractivity contribution in [3.05, 3.63) is 29.6 Å². The van der Waals surface area contributed by atoms with E-state index in [-0.39, 0.29) is 12.4 Å². The van der Waals surface area contributed by atoms with E-state index in [2.05, 4.69) is 5.32 Å². The summed E-state index contributed by atoms with van der Waals surface area (Å²) in [6.07, 6.45) is 0. The Balaban J connectivity index is 2.81. The van der Waals surface area contributed by atoms with Gasteiger partial charge in [0.15, 0.2) is 18.2 Å². The Morgan fingerprint density at radius 1 is 1.50 bits per heavy atom. The van der Waals surface area contributed by atoms with Crippen molar-refractivity contribution in [2.75, 3.05) is 6.61 Å². The van der Waals surface area contributed by atoms with Crippen molar-refractivity contribution in [2.45, 2.75) is 26.4 Å². The highest BCUT2D eigenvalue weighted by Gasteiger charge is 2.09. The first kappa shape index (κ1) is 12.5. The predicted molar refractivity (Wildman–Crippen MR) is 59.5 cm³/mol. The van der Waals surface area contributed by atoms with E-state index in [9.17, 15) is 4.39 Å². The quantitative estimate of drug-likeness (QED) is 0.830. The van der Waals surface area contributed by atoms with Gasteiger partial charge in [-0.05, 0) is 6.07 Å². The van der Waals surface area contributed by atoms with Crippen LogP contribution in [0.15, 0.2) is 18.2 Å². The molecule has 0 saturated heterocycles. The summed E-state index contributed by atoms with van der Waals surface area (Å²) in [5.41, 5.74) is 0.726. The molecule has 0 aromatic heterocycles. The molecule has 0 aliphatic rings. The first-order chi connectivity index (χ1) is 7.65. The van der Waals surface area contributed by atoms with E-state index in [4.69, 9.17) is 10.00 Å². The lowest BCUT2D eigenvalue weighted by molar-refractivity contribution is 0.340. The molecule has 0 aliphatic heterocycles. The van der Waals surface area contributed by atoms with Gasteiger partial charge in [-0.15, -0.1) is 0 Å². The summed E-state index contributed by atoms with van der Waals surface area (Å²) in [6, 6.07) is 6.88. The Hall–Kier alpha value is -1.60. The molecule has 1 aromatic rings. The highest BCUT2D eigenvalue weighted by Crippen LogP contribution is 2.22. The Kier molecular flexibility index (Phi) is 4.74. The molecule has 0 radical (unpaired) electrons. The second-order valence-electron chi connectivity index (χ2n) is 3.71. The second-order valence-corrected chi connectivity index (χ2v) is 3.71. The molecule has 0 amide bonds. The number of hydrogen-bond donors (Lipinski definition) is 1. The van der Waals surface area contributed by atoms with Crippen molar-refractivity contribution in [2.24, 2.45) is 0 Å². The molecular formula is C12H15FN2O. The molecule has 0 unspecified atom stereocenters. The molecule has 16 heavy (non-hydrogen) atoms. The van der Waals surface area contributed by atoms with E-state index in [0.717, 1.165) is 5.56 Å². The minimum absolute atomic E-state index is 0.143. The standard InChI is InChI=1S/C12H15FN2O/c1-9(2)15-8-10-4-3-5-11(13)12(10)16-7-6-14/h3-5,9,15H,7-8H2,1-2H3. The zero-order valence-corrected chi connectivity index (χ0v) is 9.46. The Bertz CT molecular complexity index is 385. The van der Waals surface area contributed by atoms with Gasteiger partial charge in [0.05, 0.1) is 0 Å². The average Bonchev–Trinajstić information content (AvgIpc) is 2.25. The van der Waals surface area contributed by atoms with Crippen LogP contribution in [0.5, 0.6) is 5.75 Å². The summed E-state index contributed by atoms with van der Waals surface area (Å²) in [4.78, 5) is 0. The van der Waals surface area contributed by atoms with E-state index in [1.165, 1.54) is 6.07 Å². The monoisotopic (exact) mass is 222 g/mol. The molecule has 1 N–H and O–H groups in total. The topological polar surface area (TPSA) is 45.0 Å². The van der Waals surface area contributed by atoms with Crippen LogP contribution in [0.4, 0.5) is 4.39 Å². The van der Waals surface area contributed by atoms with Crippen LogP contribution in [-0.2, 0) is 6.54 Å². The third-order valence-corrected chi connectivity index (χ3v) is 2.03. The van der Waals surface area contributed by atoms with Crippen LogP contribution in [0, 0.1) is 17.1 Å². The van der Waals surface area contributed by atoms with Crippen LogP contribution in [0.2, 0.25) is 0 Å². The molecule has 0 atom stereocenters. The third kappa shape index (κ3) is 3.52. The van der Waals surface area contributed by atoms with Crippen molar-refractivity contribution >= 4 is 0 Å². The molecule has 0 heterocycles. The summed E-state index contributed by atoms with van der Waals surface area (Å²) in [5.74, 6) is -0.268. The summed E-state index contributed by atoms with van der Waals surface area (Å²) in [6.45, 7) is 4.40. The van der Waals surface area contributed by atoms with Gasteiger partial charge >= 0.3 is 0 Å². The van der Waals surface area contributed by atoms with Crippen molar-refractivity contribution in [1.29, 1.82) is 5.26 Å². The fraction of sp³-hybridized carbons (Fsp3) is 0.417. The number of para-hydroxylation sites is 1. The van der Waals surface area contributed by atoms with Gasteiger partial charge in [-0.2, -0.15) is 5.26 Å². The van der Waals surface area contributed by atoms with E-state index < -0.39 is 5.82 Å². The molecule has 0 saturated carbocycles. The highest BCUT2D eigenvalue weighted by molar-refractivity contribution is 5.35. The lowest BCUT2D eigenvalue weighted by Crippen LogP contribution is -2.22. The van der Waals surface area contributed by atoms with Gasteiger partial charge in [-0.1, -0.05) is 26.0 Å². The minimum Gasteiger partial charge on any atom is -0.475 e. The maximum atomic E-state index is 13.4. The molecule has 0 spiro atoms. The van der Waals surface area contributed by atoms with Gasteiger partial charge in [0.25, 0.3) is 0 Å². The number of nitriles is 1. The molecule has 0 aliphatic carbocycles. The molecule has 1 aromatic carbocycles. The number of nitrogens with one attached hydrogen (secondary N) is 1. The molecule has 4 heteroatoms. The van der Waals surface area contributed by atoms with Crippen LogP contribution in [-0.4, -0.2) is 12.6 Å². The van der Waals surface area contributed by atoms with E-state index >= 15 is 0 Å². The Labute approximate surface area is 94.8 Å². The van der Waals surface area contributed by atoms with Crippen LogP contribution >= 0.6 is 0 Å². The number of hydrogen-bond acceptors (Lipinski definition) is 3. The van der Waals surface area contributed by atoms with E-state index in [0.29, 0.717) is 12.6 Å². The van der Waals surface area contributed by atoms with Gasteiger partial charge < -0.3 is 10.1 Å².